The maximum absolute atomic E-state index is 13.4. The van der Waals surface area contributed by atoms with E-state index in [-0.39, 0.29) is 35.1 Å². The molecule has 1 aliphatic carbocycles. The molecule has 2 heterocycles. The molecule has 0 bridgehead atoms. The number of carbonyl (C=O) groups is 2. The quantitative estimate of drug-likeness (QED) is 0.450. The molecule has 0 spiro atoms. The normalized spacial score (nSPS) is 18.3. The van der Waals surface area contributed by atoms with Crippen LogP contribution in [0.5, 0.6) is 11.5 Å². The van der Waals surface area contributed by atoms with E-state index in [1.54, 1.807) is 39.3 Å². The van der Waals surface area contributed by atoms with Crippen molar-refractivity contribution in [2.45, 2.75) is 19.8 Å². The number of nitrogens with zero attached hydrogens (tertiary/aromatic N) is 4. The third-order valence-corrected chi connectivity index (χ3v) is 7.54. The minimum Gasteiger partial charge on any atom is -0.493 e. The lowest BCUT2D eigenvalue weighted by molar-refractivity contribution is -0.140. The van der Waals surface area contributed by atoms with Crippen LogP contribution < -0.4 is 19.7 Å². The summed E-state index contributed by atoms with van der Waals surface area (Å²) in [4.78, 5) is 38.3. The molecule has 11 heteroatoms. The fraction of sp³-hybridized carbons (Fsp3) is 0.286. The molecule has 2 atom stereocenters. The van der Waals surface area contributed by atoms with Crippen molar-refractivity contribution >= 4 is 34.6 Å². The fourth-order valence-electron chi connectivity index (χ4n) is 4.92. The molecule has 200 valence electrons. The summed E-state index contributed by atoms with van der Waals surface area (Å²) in [5.74, 6) is 0.190. The number of amides is 2. The molecule has 0 fully saturated rings. The number of anilines is 1. The number of aryl methyl sites for hydroxylation is 1. The Morgan fingerprint density at radius 1 is 1.00 bits per heavy atom. The lowest BCUT2D eigenvalue weighted by Gasteiger charge is -2.36. The van der Waals surface area contributed by atoms with Crippen molar-refractivity contribution < 1.29 is 19.1 Å². The molecule has 5 rings (SSSR count). The van der Waals surface area contributed by atoms with Crippen LogP contribution in [0.15, 0.2) is 64.5 Å². The van der Waals surface area contributed by atoms with Crippen LogP contribution in [0.2, 0.25) is 0 Å². The van der Waals surface area contributed by atoms with E-state index in [4.69, 9.17) is 9.47 Å². The average Bonchev–Trinajstić information content (AvgIpc) is 2.94. The molecule has 3 aromatic rings. The maximum atomic E-state index is 13.4. The van der Waals surface area contributed by atoms with Crippen molar-refractivity contribution in [1.82, 2.24) is 15.2 Å². The molecule has 0 saturated heterocycles. The highest BCUT2D eigenvalue weighted by Crippen LogP contribution is 2.37. The summed E-state index contributed by atoms with van der Waals surface area (Å²) < 4.78 is 10.8. The number of carbonyl (C=O) groups excluding carboxylic acids is 2. The lowest BCUT2D eigenvalue weighted by Crippen LogP contribution is -2.47. The SMILES string of the molecule is COc1ccc(C2=NN(CC(=O)Nc3cccc(-c4nnc(=O)sc4C)c3)C(=O)[C@H]3CC=CC[C@@H]23)cc1OC. The second-order valence-electron chi connectivity index (χ2n) is 9.21. The van der Waals surface area contributed by atoms with E-state index < -0.39 is 0 Å². The van der Waals surface area contributed by atoms with Crippen molar-refractivity contribution in [1.29, 1.82) is 0 Å². The van der Waals surface area contributed by atoms with E-state index in [1.807, 2.05) is 30.3 Å². The van der Waals surface area contributed by atoms with Gasteiger partial charge < -0.3 is 14.8 Å². The number of allylic oxidation sites excluding steroid dienone is 2. The number of hydrazone groups is 1. The van der Waals surface area contributed by atoms with Gasteiger partial charge in [-0.25, -0.2) is 5.01 Å². The zero-order chi connectivity index (χ0) is 27.5. The number of benzene rings is 2. The van der Waals surface area contributed by atoms with Gasteiger partial charge in [0.2, 0.25) is 11.8 Å². The second-order valence-corrected chi connectivity index (χ2v) is 10.4. The van der Waals surface area contributed by atoms with E-state index >= 15 is 0 Å². The first-order valence-electron chi connectivity index (χ1n) is 12.4. The first kappa shape index (κ1) is 26.2. The third-order valence-electron chi connectivity index (χ3n) is 6.78. The van der Waals surface area contributed by atoms with Gasteiger partial charge in [-0.3, -0.25) is 14.4 Å². The van der Waals surface area contributed by atoms with Gasteiger partial charge in [0.25, 0.3) is 0 Å². The van der Waals surface area contributed by atoms with Gasteiger partial charge in [-0.2, -0.15) is 5.10 Å². The molecule has 1 aliphatic heterocycles. The zero-order valence-electron chi connectivity index (χ0n) is 21.7. The Kier molecular flexibility index (Phi) is 7.51. The Morgan fingerprint density at radius 3 is 2.51 bits per heavy atom. The van der Waals surface area contributed by atoms with Crippen molar-refractivity contribution in [2.24, 2.45) is 16.9 Å². The lowest BCUT2D eigenvalue weighted by atomic mass is 9.76. The molecule has 39 heavy (non-hydrogen) atoms. The second kappa shape index (κ2) is 11.2. The smallest absolute Gasteiger partial charge is 0.345 e. The van der Waals surface area contributed by atoms with Crippen molar-refractivity contribution in [3.05, 3.63) is 74.7 Å². The number of nitrogens with one attached hydrogen (secondary N) is 1. The number of ether oxygens (including phenoxy) is 2. The van der Waals surface area contributed by atoms with Crippen LogP contribution in [0.4, 0.5) is 5.69 Å². The Balaban J connectivity index is 1.40. The van der Waals surface area contributed by atoms with E-state index in [1.165, 1.54) is 5.01 Å². The Labute approximate surface area is 229 Å². The summed E-state index contributed by atoms with van der Waals surface area (Å²) in [7, 11) is 3.14. The Morgan fingerprint density at radius 2 is 1.77 bits per heavy atom. The van der Waals surface area contributed by atoms with Crippen LogP contribution in [0.1, 0.15) is 23.3 Å². The molecule has 0 saturated carbocycles. The van der Waals surface area contributed by atoms with E-state index in [0.717, 1.165) is 27.5 Å². The van der Waals surface area contributed by atoms with Gasteiger partial charge >= 0.3 is 4.87 Å². The van der Waals surface area contributed by atoms with Crippen molar-refractivity contribution in [2.75, 3.05) is 26.1 Å². The van der Waals surface area contributed by atoms with Crippen LogP contribution >= 0.6 is 11.3 Å². The number of rotatable bonds is 7. The predicted molar refractivity (Wildman–Crippen MR) is 148 cm³/mol. The number of aromatic nitrogens is 2. The summed E-state index contributed by atoms with van der Waals surface area (Å²) in [5, 5.41) is 16.4. The van der Waals surface area contributed by atoms with Gasteiger partial charge in [0.1, 0.15) is 12.2 Å². The monoisotopic (exact) mass is 545 g/mol. The minimum absolute atomic E-state index is 0.0949. The summed E-state index contributed by atoms with van der Waals surface area (Å²) in [5.41, 5.74) is 3.36. The molecule has 2 aliphatic rings. The van der Waals surface area contributed by atoms with Crippen LogP contribution in [0, 0.1) is 18.8 Å². The molecular formula is C28H27N5O5S. The van der Waals surface area contributed by atoms with Crippen LogP contribution in [-0.2, 0) is 9.59 Å². The molecule has 1 aromatic heterocycles. The predicted octanol–water partition coefficient (Wildman–Crippen LogP) is 3.66. The highest BCUT2D eigenvalue weighted by Gasteiger charge is 2.40. The number of fused-ring (bicyclic) bond motifs is 1. The average molecular weight is 546 g/mol. The third kappa shape index (κ3) is 5.44. The van der Waals surface area contributed by atoms with Gasteiger partial charge in [-0.15, -0.1) is 5.10 Å². The van der Waals surface area contributed by atoms with E-state index in [0.29, 0.717) is 41.3 Å². The van der Waals surface area contributed by atoms with Gasteiger partial charge in [-0.05, 0) is 50.1 Å². The van der Waals surface area contributed by atoms with Crippen molar-refractivity contribution in [3.63, 3.8) is 0 Å². The molecule has 2 amide bonds. The standard InChI is InChI=1S/C28H27N5O5S/c1-16-25(30-31-28(36)39-16)17-7-6-8-19(13-17)29-24(34)15-33-27(35)21-10-5-4-9-20(21)26(32-33)18-11-12-22(37-2)23(14-18)38-3/h4-8,11-14,20-21H,9-10,15H2,1-3H3,(H,29,34)/t20-,21+/m1/s1. The summed E-state index contributed by atoms with van der Waals surface area (Å²) in [6.45, 7) is 1.56. The number of hydrogen-bond donors (Lipinski definition) is 1. The highest BCUT2D eigenvalue weighted by atomic mass is 32.1. The largest absolute Gasteiger partial charge is 0.493 e. The van der Waals surface area contributed by atoms with E-state index in [9.17, 15) is 14.4 Å². The van der Waals surface area contributed by atoms with Gasteiger partial charge in [0.15, 0.2) is 11.5 Å². The fourth-order valence-corrected chi connectivity index (χ4v) is 5.52. The first-order valence-corrected chi connectivity index (χ1v) is 13.2. The zero-order valence-corrected chi connectivity index (χ0v) is 22.5. The summed E-state index contributed by atoms with van der Waals surface area (Å²) >= 11 is 1.01. The van der Waals surface area contributed by atoms with Gasteiger partial charge in [0.05, 0.1) is 25.8 Å². The molecule has 2 aromatic carbocycles. The number of hydrogen-bond acceptors (Lipinski definition) is 9. The van der Waals surface area contributed by atoms with Crippen LogP contribution in [0.3, 0.4) is 0 Å². The summed E-state index contributed by atoms with van der Waals surface area (Å²) in [6, 6.07) is 12.6. The Hall–Kier alpha value is -4.38. The minimum atomic E-state index is -0.388. The maximum Gasteiger partial charge on any atom is 0.345 e. The Bertz CT molecular complexity index is 1550. The van der Waals surface area contributed by atoms with Crippen LogP contribution in [0.25, 0.3) is 11.3 Å². The molecule has 1 N–H and O–H groups in total. The van der Waals surface area contributed by atoms with Crippen molar-refractivity contribution in [3.8, 4) is 22.8 Å². The molecule has 0 radical (unpaired) electrons. The first-order chi connectivity index (χ1) is 18.9. The molecular weight excluding hydrogens is 518 g/mol. The van der Waals surface area contributed by atoms with E-state index in [2.05, 4.69) is 26.7 Å². The topological polar surface area (TPSA) is 123 Å². The number of methoxy groups -OCH3 is 2. The van der Waals surface area contributed by atoms with Gasteiger partial charge in [-0.1, -0.05) is 40.7 Å². The molecule has 10 nitrogen and oxygen atoms in total. The molecule has 0 unspecified atom stereocenters. The highest BCUT2D eigenvalue weighted by molar-refractivity contribution is 7.09. The van der Waals surface area contributed by atoms with Gasteiger partial charge in [0, 0.05) is 27.6 Å². The van der Waals surface area contributed by atoms with Crippen LogP contribution in [-0.4, -0.2) is 53.5 Å². The summed E-state index contributed by atoms with van der Waals surface area (Å²) in [6.07, 6.45) is 5.34.